The molecule has 0 heterocycles. The Kier molecular flexibility index (Phi) is 2.95. The van der Waals surface area contributed by atoms with Crippen molar-refractivity contribution in [2.45, 2.75) is 30.9 Å². The first-order chi connectivity index (χ1) is 5.93. The molecule has 1 aliphatic rings. The maximum Gasteiger partial charge on any atom is 0.307 e. The molecule has 1 fully saturated rings. The van der Waals surface area contributed by atoms with E-state index in [1.54, 1.807) is 0 Å². The molecular weight excluding hydrogens is 192 g/mol. The zero-order valence-corrected chi connectivity index (χ0v) is 8.38. The Bertz CT molecular complexity index is 293. The summed E-state index contributed by atoms with van der Waals surface area (Å²) in [6.07, 6.45) is 3.76. The highest BCUT2D eigenvalue weighted by Gasteiger charge is 2.37. The Balaban J connectivity index is 2.86. The van der Waals surface area contributed by atoms with Gasteiger partial charge >= 0.3 is 5.97 Å². The Hall–Kier alpha value is -0.580. The highest BCUT2D eigenvalue weighted by Crippen LogP contribution is 2.29. The fourth-order valence-corrected chi connectivity index (χ4v) is 3.34. The third kappa shape index (κ3) is 2.43. The van der Waals surface area contributed by atoms with Crippen LogP contribution in [0.25, 0.3) is 0 Å². The highest BCUT2D eigenvalue weighted by atomic mass is 32.2. The molecule has 13 heavy (non-hydrogen) atoms. The van der Waals surface area contributed by atoms with Crippen LogP contribution in [0.4, 0.5) is 0 Å². The van der Waals surface area contributed by atoms with Gasteiger partial charge in [0.2, 0.25) is 0 Å². The van der Waals surface area contributed by atoms with Crippen molar-refractivity contribution in [1.82, 2.24) is 0 Å². The van der Waals surface area contributed by atoms with Crippen LogP contribution < -0.4 is 0 Å². The Morgan fingerprint density at radius 1 is 1.31 bits per heavy atom. The standard InChI is InChI=1S/C8H14O4S/c1-13(11,12)7-5-3-2-4-6(7)8(9)10/h6-7H,2-5H2,1H3,(H,9,10)/t6-,7+/m1/s1. The lowest BCUT2D eigenvalue weighted by atomic mass is 9.89. The van der Waals surface area contributed by atoms with Gasteiger partial charge in [0, 0.05) is 6.26 Å². The van der Waals surface area contributed by atoms with Gasteiger partial charge < -0.3 is 5.11 Å². The number of sulfone groups is 1. The molecule has 0 bridgehead atoms. The maximum absolute atomic E-state index is 11.2. The minimum atomic E-state index is -3.20. The monoisotopic (exact) mass is 206 g/mol. The van der Waals surface area contributed by atoms with E-state index in [-0.39, 0.29) is 0 Å². The van der Waals surface area contributed by atoms with E-state index in [2.05, 4.69) is 0 Å². The molecule has 0 aliphatic heterocycles. The van der Waals surface area contributed by atoms with Crippen molar-refractivity contribution in [2.75, 3.05) is 6.26 Å². The van der Waals surface area contributed by atoms with Crippen molar-refractivity contribution in [3.63, 3.8) is 0 Å². The van der Waals surface area contributed by atoms with E-state index in [0.29, 0.717) is 12.8 Å². The minimum absolute atomic E-state index is 0.493. The molecule has 1 saturated carbocycles. The number of aliphatic carboxylic acids is 1. The topological polar surface area (TPSA) is 71.4 Å². The van der Waals surface area contributed by atoms with Gasteiger partial charge in [-0.15, -0.1) is 0 Å². The van der Waals surface area contributed by atoms with Gasteiger partial charge in [-0.2, -0.15) is 0 Å². The van der Waals surface area contributed by atoms with Gasteiger partial charge in [0.05, 0.1) is 11.2 Å². The van der Waals surface area contributed by atoms with Crippen LogP contribution in [0, 0.1) is 5.92 Å². The molecule has 0 spiro atoms. The van der Waals surface area contributed by atoms with Crippen LogP contribution in [0.1, 0.15) is 25.7 Å². The zero-order chi connectivity index (χ0) is 10.1. The Morgan fingerprint density at radius 3 is 2.23 bits per heavy atom. The molecule has 0 aromatic heterocycles. The first kappa shape index (κ1) is 10.5. The number of hydrogen-bond donors (Lipinski definition) is 1. The second-order valence-corrected chi connectivity index (χ2v) is 5.86. The summed E-state index contributed by atoms with van der Waals surface area (Å²) < 4.78 is 22.5. The van der Waals surface area contributed by atoms with Crippen molar-refractivity contribution >= 4 is 15.8 Å². The highest BCUT2D eigenvalue weighted by molar-refractivity contribution is 7.91. The molecule has 0 aromatic carbocycles. The lowest BCUT2D eigenvalue weighted by Gasteiger charge is -2.26. The van der Waals surface area contributed by atoms with Gasteiger partial charge in [-0.3, -0.25) is 4.79 Å². The predicted octanol–water partition coefficient (Wildman–Crippen LogP) is 0.674. The molecular formula is C8H14O4S. The molecule has 0 saturated heterocycles. The van der Waals surface area contributed by atoms with E-state index in [4.69, 9.17) is 5.11 Å². The maximum atomic E-state index is 11.2. The second-order valence-electron chi connectivity index (χ2n) is 3.60. The Morgan fingerprint density at radius 2 is 1.85 bits per heavy atom. The number of hydrogen-bond acceptors (Lipinski definition) is 3. The molecule has 4 nitrogen and oxygen atoms in total. The van der Waals surface area contributed by atoms with Crippen molar-refractivity contribution in [3.05, 3.63) is 0 Å². The van der Waals surface area contributed by atoms with E-state index in [1.807, 2.05) is 0 Å². The first-order valence-corrected chi connectivity index (χ1v) is 6.30. The predicted molar refractivity (Wildman–Crippen MR) is 48.2 cm³/mol. The summed E-state index contributed by atoms with van der Waals surface area (Å²) in [5, 5.41) is 8.14. The normalized spacial score (nSPS) is 29.9. The van der Waals surface area contributed by atoms with Gasteiger partial charge in [0.1, 0.15) is 0 Å². The SMILES string of the molecule is CS(=O)(=O)[C@H]1CCCC[C@H]1C(=O)O. The first-order valence-electron chi connectivity index (χ1n) is 4.34. The summed E-state index contributed by atoms with van der Waals surface area (Å²) in [5.74, 6) is -1.67. The number of carboxylic acids is 1. The molecule has 1 aliphatic carbocycles. The zero-order valence-electron chi connectivity index (χ0n) is 7.56. The lowest BCUT2D eigenvalue weighted by molar-refractivity contribution is -0.142. The van der Waals surface area contributed by atoms with Crippen LogP contribution in [0.5, 0.6) is 0 Å². The summed E-state index contributed by atoms with van der Waals surface area (Å²) in [7, 11) is -3.20. The van der Waals surface area contributed by atoms with Crippen molar-refractivity contribution in [1.29, 1.82) is 0 Å². The van der Waals surface area contributed by atoms with Crippen LogP contribution in [0.3, 0.4) is 0 Å². The van der Waals surface area contributed by atoms with E-state index < -0.39 is 27.0 Å². The smallest absolute Gasteiger partial charge is 0.307 e. The third-order valence-corrected chi connectivity index (χ3v) is 4.23. The Labute approximate surface area is 77.9 Å². The number of carboxylic acid groups (broad SMARTS) is 1. The van der Waals surface area contributed by atoms with Crippen LogP contribution in [-0.2, 0) is 14.6 Å². The molecule has 0 aromatic rings. The van der Waals surface area contributed by atoms with Crippen LogP contribution in [0.15, 0.2) is 0 Å². The molecule has 5 heteroatoms. The van der Waals surface area contributed by atoms with E-state index >= 15 is 0 Å². The number of carbonyl (C=O) groups is 1. The minimum Gasteiger partial charge on any atom is -0.481 e. The van der Waals surface area contributed by atoms with E-state index in [0.717, 1.165) is 19.1 Å². The molecule has 76 valence electrons. The van der Waals surface area contributed by atoms with Gasteiger partial charge in [-0.05, 0) is 12.8 Å². The van der Waals surface area contributed by atoms with E-state index in [1.165, 1.54) is 0 Å². The van der Waals surface area contributed by atoms with E-state index in [9.17, 15) is 13.2 Å². The van der Waals surface area contributed by atoms with Crippen molar-refractivity contribution in [2.24, 2.45) is 5.92 Å². The lowest BCUT2D eigenvalue weighted by Crippen LogP contribution is -2.36. The van der Waals surface area contributed by atoms with Gasteiger partial charge in [-0.25, -0.2) is 8.42 Å². The average Bonchev–Trinajstić information content (AvgIpc) is 2.03. The van der Waals surface area contributed by atoms with Crippen LogP contribution in [0.2, 0.25) is 0 Å². The average molecular weight is 206 g/mol. The fourth-order valence-electron chi connectivity index (χ4n) is 1.89. The molecule has 0 unspecified atom stereocenters. The summed E-state index contributed by atoms with van der Waals surface area (Å²) in [4.78, 5) is 10.7. The largest absolute Gasteiger partial charge is 0.481 e. The quantitative estimate of drug-likeness (QED) is 0.721. The fraction of sp³-hybridized carbons (Fsp3) is 0.875. The summed E-state index contributed by atoms with van der Waals surface area (Å²) >= 11 is 0. The third-order valence-electron chi connectivity index (χ3n) is 2.57. The van der Waals surface area contributed by atoms with Gasteiger partial charge in [-0.1, -0.05) is 12.8 Å². The second kappa shape index (κ2) is 3.65. The molecule has 1 N–H and O–H groups in total. The summed E-state index contributed by atoms with van der Waals surface area (Å²) in [6.45, 7) is 0. The molecule has 0 amide bonds. The van der Waals surface area contributed by atoms with Crippen LogP contribution in [-0.4, -0.2) is 31.0 Å². The summed E-state index contributed by atoms with van der Waals surface area (Å²) in [6, 6.07) is 0. The van der Waals surface area contributed by atoms with Crippen molar-refractivity contribution in [3.8, 4) is 0 Å². The van der Waals surface area contributed by atoms with Gasteiger partial charge in [0.15, 0.2) is 9.84 Å². The molecule has 2 atom stereocenters. The van der Waals surface area contributed by atoms with Crippen molar-refractivity contribution < 1.29 is 18.3 Å². The number of rotatable bonds is 2. The molecule has 1 rings (SSSR count). The molecule has 0 radical (unpaired) electrons. The van der Waals surface area contributed by atoms with Gasteiger partial charge in [0.25, 0.3) is 0 Å². The van der Waals surface area contributed by atoms with Crippen LogP contribution >= 0.6 is 0 Å². The summed E-state index contributed by atoms with van der Waals surface area (Å²) in [5.41, 5.74) is 0.